The molecule has 0 fully saturated rings. The molecule has 0 unspecified atom stereocenters. The lowest BCUT2D eigenvalue weighted by Gasteiger charge is -2.07. The summed E-state index contributed by atoms with van der Waals surface area (Å²) >= 11 is 0. The second-order valence-electron chi connectivity index (χ2n) is 3.76. The highest BCUT2D eigenvalue weighted by Crippen LogP contribution is 2.13. The van der Waals surface area contributed by atoms with Crippen LogP contribution in [-0.4, -0.2) is 19.6 Å². The van der Waals surface area contributed by atoms with Crippen LogP contribution in [0.1, 0.15) is 18.3 Å². The lowest BCUT2D eigenvalue weighted by Crippen LogP contribution is -2.08. The Morgan fingerprint density at radius 2 is 2.19 bits per heavy atom. The van der Waals surface area contributed by atoms with Crippen LogP contribution in [0.4, 0.5) is 5.69 Å². The molecule has 2 aromatic heterocycles. The van der Waals surface area contributed by atoms with Gasteiger partial charge >= 0.3 is 0 Å². The number of rotatable bonds is 4. The minimum absolute atomic E-state index is 0.778. The Balaban J connectivity index is 2.05. The first kappa shape index (κ1) is 10.7. The molecule has 0 amide bonds. The number of hydrogen-bond acceptors (Lipinski definition) is 3. The normalized spacial score (nSPS) is 10.7. The first-order valence-corrected chi connectivity index (χ1v) is 5.45. The van der Waals surface area contributed by atoms with Gasteiger partial charge in [-0.1, -0.05) is 0 Å². The molecule has 5 heteroatoms. The first-order valence-electron chi connectivity index (χ1n) is 5.45. The molecule has 0 aromatic carbocycles. The van der Waals surface area contributed by atoms with Gasteiger partial charge in [-0.2, -0.15) is 10.2 Å². The molecule has 0 saturated carbocycles. The van der Waals surface area contributed by atoms with Crippen molar-refractivity contribution in [3.63, 3.8) is 0 Å². The number of nitrogens with one attached hydrogen (secondary N) is 1. The molecule has 0 aliphatic carbocycles. The predicted octanol–water partition coefficient (Wildman–Crippen LogP) is 1.56. The molecule has 86 valence electrons. The minimum atomic E-state index is 0.778. The van der Waals surface area contributed by atoms with Gasteiger partial charge in [-0.3, -0.25) is 9.36 Å². The summed E-state index contributed by atoms with van der Waals surface area (Å²) in [7, 11) is 1.94. The zero-order valence-corrected chi connectivity index (χ0v) is 9.94. The molecule has 0 spiro atoms. The average molecular weight is 219 g/mol. The van der Waals surface area contributed by atoms with Crippen molar-refractivity contribution in [1.82, 2.24) is 19.6 Å². The van der Waals surface area contributed by atoms with Gasteiger partial charge in [-0.25, -0.2) is 0 Å². The third-order valence-electron chi connectivity index (χ3n) is 2.80. The van der Waals surface area contributed by atoms with Gasteiger partial charge in [0.05, 0.1) is 29.8 Å². The van der Waals surface area contributed by atoms with Crippen LogP contribution in [0.15, 0.2) is 18.5 Å². The molecule has 2 aromatic rings. The van der Waals surface area contributed by atoms with Crippen LogP contribution in [0.3, 0.4) is 0 Å². The molecule has 2 rings (SSSR count). The van der Waals surface area contributed by atoms with Gasteiger partial charge in [0.2, 0.25) is 0 Å². The summed E-state index contributed by atoms with van der Waals surface area (Å²) < 4.78 is 3.85. The summed E-state index contributed by atoms with van der Waals surface area (Å²) in [5.74, 6) is 0. The second-order valence-corrected chi connectivity index (χ2v) is 3.76. The Kier molecular flexibility index (Phi) is 2.94. The lowest BCUT2D eigenvalue weighted by atomic mass is 10.3. The van der Waals surface area contributed by atoms with Crippen molar-refractivity contribution >= 4 is 5.69 Å². The van der Waals surface area contributed by atoms with Crippen molar-refractivity contribution in [2.75, 3.05) is 5.32 Å². The van der Waals surface area contributed by atoms with E-state index in [9.17, 15) is 0 Å². The molecule has 0 aliphatic heterocycles. The van der Waals surface area contributed by atoms with E-state index in [0.717, 1.165) is 24.5 Å². The van der Waals surface area contributed by atoms with E-state index in [1.165, 1.54) is 5.69 Å². The van der Waals surface area contributed by atoms with E-state index in [1.807, 2.05) is 41.8 Å². The van der Waals surface area contributed by atoms with E-state index in [2.05, 4.69) is 22.4 Å². The molecule has 0 aliphatic rings. The highest BCUT2D eigenvalue weighted by Gasteiger charge is 2.04. The molecule has 5 nitrogen and oxygen atoms in total. The topological polar surface area (TPSA) is 47.7 Å². The summed E-state index contributed by atoms with van der Waals surface area (Å²) in [6.45, 7) is 5.81. The maximum absolute atomic E-state index is 4.23. The smallest absolute Gasteiger partial charge is 0.0759 e. The predicted molar refractivity (Wildman–Crippen MR) is 63.2 cm³/mol. The zero-order chi connectivity index (χ0) is 11.5. The Morgan fingerprint density at radius 1 is 1.38 bits per heavy atom. The van der Waals surface area contributed by atoms with Gasteiger partial charge in [-0.15, -0.1) is 0 Å². The van der Waals surface area contributed by atoms with E-state index in [4.69, 9.17) is 0 Å². The third kappa shape index (κ3) is 1.93. The van der Waals surface area contributed by atoms with Gasteiger partial charge in [0.1, 0.15) is 0 Å². The Hall–Kier alpha value is -1.78. The van der Waals surface area contributed by atoms with Gasteiger partial charge in [-0.05, 0) is 19.9 Å². The van der Waals surface area contributed by atoms with E-state index in [0.29, 0.717) is 0 Å². The molecule has 16 heavy (non-hydrogen) atoms. The van der Waals surface area contributed by atoms with Crippen LogP contribution in [-0.2, 0) is 20.1 Å². The maximum Gasteiger partial charge on any atom is 0.0759 e. The summed E-state index contributed by atoms with van der Waals surface area (Å²) in [6.07, 6.45) is 3.68. The monoisotopic (exact) mass is 219 g/mol. The molecule has 0 bridgehead atoms. The minimum Gasteiger partial charge on any atom is -0.377 e. The summed E-state index contributed by atoms with van der Waals surface area (Å²) in [6, 6.07) is 2.03. The Morgan fingerprint density at radius 3 is 2.81 bits per heavy atom. The van der Waals surface area contributed by atoms with E-state index >= 15 is 0 Å². The van der Waals surface area contributed by atoms with Crippen LogP contribution in [0, 0.1) is 6.92 Å². The third-order valence-corrected chi connectivity index (χ3v) is 2.80. The molecular formula is C11H17N5. The first-order chi connectivity index (χ1) is 7.72. The van der Waals surface area contributed by atoms with Crippen LogP contribution in [0.25, 0.3) is 0 Å². The SMILES string of the molecule is CCn1nccc1CNc1cnn(C)c1C. The molecule has 2 heterocycles. The Labute approximate surface area is 95.1 Å². The standard InChI is InChI=1S/C11H17N5/c1-4-16-10(5-6-13-16)7-12-11-8-14-15(3)9(11)2/h5-6,8,12H,4,7H2,1-3H3. The average Bonchev–Trinajstić information content (AvgIpc) is 2.86. The van der Waals surface area contributed by atoms with Crippen LogP contribution in [0.2, 0.25) is 0 Å². The zero-order valence-electron chi connectivity index (χ0n) is 9.94. The number of nitrogens with zero attached hydrogens (tertiary/aromatic N) is 4. The maximum atomic E-state index is 4.23. The highest BCUT2D eigenvalue weighted by atomic mass is 15.3. The lowest BCUT2D eigenvalue weighted by molar-refractivity contribution is 0.627. The van der Waals surface area contributed by atoms with Gasteiger partial charge in [0.25, 0.3) is 0 Å². The van der Waals surface area contributed by atoms with Crippen LogP contribution in [0.5, 0.6) is 0 Å². The number of aryl methyl sites for hydroxylation is 2. The van der Waals surface area contributed by atoms with Crippen LogP contribution >= 0.6 is 0 Å². The quantitative estimate of drug-likeness (QED) is 0.848. The fourth-order valence-corrected chi connectivity index (χ4v) is 1.65. The number of hydrogen-bond donors (Lipinski definition) is 1. The van der Waals surface area contributed by atoms with Crippen molar-refractivity contribution < 1.29 is 0 Å². The van der Waals surface area contributed by atoms with Gasteiger partial charge in [0, 0.05) is 19.8 Å². The summed E-state index contributed by atoms with van der Waals surface area (Å²) in [5, 5.41) is 11.8. The molecule has 0 atom stereocenters. The summed E-state index contributed by atoms with van der Waals surface area (Å²) in [5.41, 5.74) is 3.40. The number of aromatic nitrogens is 4. The molecule has 0 saturated heterocycles. The highest BCUT2D eigenvalue weighted by molar-refractivity contribution is 5.45. The largest absolute Gasteiger partial charge is 0.377 e. The Bertz CT molecular complexity index is 468. The summed E-state index contributed by atoms with van der Waals surface area (Å²) in [4.78, 5) is 0. The van der Waals surface area contributed by atoms with E-state index in [1.54, 1.807) is 0 Å². The van der Waals surface area contributed by atoms with Gasteiger partial charge < -0.3 is 5.32 Å². The van der Waals surface area contributed by atoms with E-state index in [-0.39, 0.29) is 0 Å². The fraction of sp³-hybridized carbons (Fsp3) is 0.455. The van der Waals surface area contributed by atoms with Crippen molar-refractivity contribution in [3.05, 3.63) is 29.8 Å². The molecule has 0 radical (unpaired) electrons. The second kappa shape index (κ2) is 4.38. The molecular weight excluding hydrogens is 202 g/mol. The van der Waals surface area contributed by atoms with Crippen molar-refractivity contribution in [2.45, 2.75) is 26.9 Å². The molecule has 1 N–H and O–H groups in total. The van der Waals surface area contributed by atoms with Crippen molar-refractivity contribution in [2.24, 2.45) is 7.05 Å². The van der Waals surface area contributed by atoms with Crippen molar-refractivity contribution in [3.8, 4) is 0 Å². The van der Waals surface area contributed by atoms with Gasteiger partial charge in [0.15, 0.2) is 0 Å². The van der Waals surface area contributed by atoms with E-state index < -0.39 is 0 Å². The fourth-order valence-electron chi connectivity index (χ4n) is 1.65. The van der Waals surface area contributed by atoms with Crippen molar-refractivity contribution in [1.29, 1.82) is 0 Å². The number of anilines is 1. The van der Waals surface area contributed by atoms with Crippen LogP contribution < -0.4 is 5.32 Å².